The molecule has 2 aliphatic rings. The molecule has 24 heavy (non-hydrogen) atoms. The number of rotatable bonds is 3. The Balaban J connectivity index is 0.000000224. The fourth-order valence-electron chi connectivity index (χ4n) is 3.11. The van der Waals surface area contributed by atoms with Crippen LogP contribution in [0.2, 0.25) is 5.15 Å². The summed E-state index contributed by atoms with van der Waals surface area (Å²) in [6.07, 6.45) is 7.16. The SMILES string of the molecule is C[NH+]1[C@H]2CC[C@@H]1C=C(c1cccc(Cl)n1)C2.O=C([O-])/C=C\C(=O)O. The van der Waals surface area contributed by atoms with Crippen LogP contribution in [0.1, 0.15) is 25.0 Å². The molecule has 3 heterocycles. The fourth-order valence-corrected chi connectivity index (χ4v) is 3.27. The van der Waals surface area contributed by atoms with E-state index in [-0.39, 0.29) is 0 Å². The number of halogens is 1. The first kappa shape index (κ1) is 18.2. The number of carboxylic acid groups (broad SMARTS) is 2. The fraction of sp³-hybridized carbons (Fsp3) is 0.353. The van der Waals surface area contributed by atoms with Crippen LogP contribution in [-0.2, 0) is 9.59 Å². The average molecular weight is 351 g/mol. The van der Waals surface area contributed by atoms with Gasteiger partial charge in [-0.2, -0.15) is 0 Å². The number of carboxylic acids is 2. The van der Waals surface area contributed by atoms with Crippen LogP contribution in [0.5, 0.6) is 0 Å². The molecule has 0 amide bonds. The minimum Gasteiger partial charge on any atom is -0.545 e. The van der Waals surface area contributed by atoms with Crippen molar-refractivity contribution < 1.29 is 24.7 Å². The van der Waals surface area contributed by atoms with Gasteiger partial charge in [-0.25, -0.2) is 9.78 Å². The Bertz CT molecular complexity index is 671. The van der Waals surface area contributed by atoms with E-state index < -0.39 is 11.9 Å². The molecule has 6 nitrogen and oxygen atoms in total. The summed E-state index contributed by atoms with van der Waals surface area (Å²) in [5.41, 5.74) is 2.46. The molecule has 0 saturated carbocycles. The highest BCUT2D eigenvalue weighted by Gasteiger charge is 2.38. The minimum atomic E-state index is -1.51. The van der Waals surface area contributed by atoms with Gasteiger partial charge >= 0.3 is 5.97 Å². The van der Waals surface area contributed by atoms with Gasteiger partial charge in [0.1, 0.15) is 11.2 Å². The first-order valence-corrected chi connectivity index (χ1v) is 8.03. The van der Waals surface area contributed by atoms with E-state index in [1.54, 1.807) is 4.90 Å². The van der Waals surface area contributed by atoms with E-state index in [2.05, 4.69) is 24.2 Å². The second-order valence-corrected chi connectivity index (χ2v) is 6.24. The van der Waals surface area contributed by atoms with Gasteiger partial charge in [0.05, 0.1) is 24.8 Å². The Kier molecular flexibility index (Phi) is 6.11. The van der Waals surface area contributed by atoms with E-state index in [0.717, 1.165) is 18.2 Å². The van der Waals surface area contributed by atoms with Crippen molar-refractivity contribution in [3.8, 4) is 0 Å². The third-order valence-corrected chi connectivity index (χ3v) is 4.54. The average Bonchev–Trinajstić information content (AvgIpc) is 2.75. The molecule has 0 spiro atoms. The van der Waals surface area contributed by atoms with Gasteiger partial charge in [0.2, 0.25) is 0 Å². The number of nitrogens with zero attached hydrogens (tertiary/aromatic N) is 1. The lowest BCUT2D eigenvalue weighted by Gasteiger charge is -2.27. The molecule has 2 N–H and O–H groups in total. The van der Waals surface area contributed by atoms with Crippen molar-refractivity contribution in [3.63, 3.8) is 0 Å². The monoisotopic (exact) mass is 350 g/mol. The van der Waals surface area contributed by atoms with Crippen LogP contribution in [0.25, 0.3) is 5.57 Å². The predicted molar refractivity (Wildman–Crippen MR) is 87.3 cm³/mol. The lowest BCUT2D eigenvalue weighted by molar-refractivity contribution is -0.911. The van der Waals surface area contributed by atoms with E-state index in [1.165, 1.54) is 18.4 Å². The normalized spacial score (nSPS) is 24.9. The zero-order valence-electron chi connectivity index (χ0n) is 13.2. The quantitative estimate of drug-likeness (QED) is 0.588. The molecule has 1 saturated heterocycles. The molecule has 2 bridgehead atoms. The van der Waals surface area contributed by atoms with Gasteiger partial charge in [0.25, 0.3) is 0 Å². The number of aromatic nitrogens is 1. The third-order valence-electron chi connectivity index (χ3n) is 4.33. The molecule has 0 aliphatic carbocycles. The van der Waals surface area contributed by atoms with Gasteiger partial charge in [0, 0.05) is 25.3 Å². The molecule has 3 rings (SSSR count). The maximum absolute atomic E-state index is 9.53. The van der Waals surface area contributed by atoms with Gasteiger partial charge in [-0.05, 0) is 29.9 Å². The van der Waals surface area contributed by atoms with Crippen molar-refractivity contribution in [3.05, 3.63) is 47.3 Å². The van der Waals surface area contributed by atoms with E-state index in [4.69, 9.17) is 16.7 Å². The van der Waals surface area contributed by atoms with Gasteiger partial charge in [-0.3, -0.25) is 0 Å². The van der Waals surface area contributed by atoms with Crippen LogP contribution in [0, 0.1) is 0 Å². The van der Waals surface area contributed by atoms with Crippen LogP contribution in [0.4, 0.5) is 0 Å². The number of carbonyl (C=O) groups excluding carboxylic acids is 1. The van der Waals surface area contributed by atoms with Gasteiger partial charge in [-0.15, -0.1) is 0 Å². The molecule has 2 aliphatic heterocycles. The maximum atomic E-state index is 9.53. The van der Waals surface area contributed by atoms with Crippen LogP contribution >= 0.6 is 11.6 Å². The molecule has 1 unspecified atom stereocenters. The highest BCUT2D eigenvalue weighted by molar-refractivity contribution is 6.29. The van der Waals surface area contributed by atoms with Crippen LogP contribution in [0.3, 0.4) is 0 Å². The molecule has 128 valence electrons. The molecule has 3 atom stereocenters. The minimum absolute atomic E-state index is 0.447. The largest absolute Gasteiger partial charge is 0.545 e. The standard InChI is InChI=1S/C13H15ClN2.C4H4O4/c1-16-10-5-6-11(16)8-9(7-10)12-3-2-4-13(14)15-12;5-3(6)1-2-4(7)8/h2-4,7,10-11H,5-6,8H2,1H3;1-2H,(H,5,6)(H,7,8)/b;2-1-/t10-,11+;/m1./s1. The van der Waals surface area contributed by atoms with Crippen molar-refractivity contribution in [1.29, 1.82) is 0 Å². The number of hydrogen-bond acceptors (Lipinski definition) is 4. The number of fused-ring (bicyclic) bond motifs is 2. The number of likely N-dealkylation sites (N-methyl/N-ethyl adjacent to an activating group) is 1. The summed E-state index contributed by atoms with van der Waals surface area (Å²) in [6, 6.07) is 7.36. The first-order valence-electron chi connectivity index (χ1n) is 7.65. The Hall–Kier alpha value is -2.18. The molecule has 1 fully saturated rings. The summed E-state index contributed by atoms with van der Waals surface area (Å²) in [4.78, 5) is 25.0. The number of quaternary nitrogens is 1. The molecule has 7 heteroatoms. The first-order chi connectivity index (χ1) is 11.4. The van der Waals surface area contributed by atoms with E-state index >= 15 is 0 Å². The Labute approximate surface area is 145 Å². The summed E-state index contributed by atoms with van der Waals surface area (Å²) in [5.74, 6) is -2.80. The summed E-state index contributed by atoms with van der Waals surface area (Å²) in [5, 5.41) is 17.8. The second kappa shape index (κ2) is 8.08. The third kappa shape index (κ3) is 4.91. The summed E-state index contributed by atoms with van der Waals surface area (Å²) < 4.78 is 0. The predicted octanol–water partition coefficient (Wildman–Crippen LogP) is -0.0551. The van der Waals surface area contributed by atoms with E-state index in [9.17, 15) is 14.7 Å². The Morgan fingerprint density at radius 2 is 2.12 bits per heavy atom. The Morgan fingerprint density at radius 1 is 1.38 bits per heavy atom. The maximum Gasteiger partial charge on any atom is 0.328 e. The molecular weight excluding hydrogens is 332 g/mol. The van der Waals surface area contributed by atoms with Crippen LogP contribution in [0.15, 0.2) is 36.4 Å². The number of pyridine rings is 1. The van der Waals surface area contributed by atoms with E-state index in [0.29, 0.717) is 23.3 Å². The van der Waals surface area contributed by atoms with Crippen molar-refractivity contribution in [2.24, 2.45) is 0 Å². The van der Waals surface area contributed by atoms with Crippen molar-refractivity contribution in [1.82, 2.24) is 4.98 Å². The molecule has 1 aromatic rings. The molecular formula is C17H19ClN2O4. The zero-order chi connectivity index (χ0) is 17.7. The lowest BCUT2D eigenvalue weighted by Crippen LogP contribution is -3.14. The summed E-state index contributed by atoms with van der Waals surface area (Å²) >= 11 is 5.94. The second-order valence-electron chi connectivity index (χ2n) is 5.86. The smallest absolute Gasteiger partial charge is 0.328 e. The highest BCUT2D eigenvalue weighted by atomic mass is 35.5. The topological polar surface area (TPSA) is 94.8 Å². The number of nitrogens with one attached hydrogen (secondary N) is 1. The van der Waals surface area contributed by atoms with Crippen molar-refractivity contribution in [2.75, 3.05) is 7.05 Å². The molecule has 1 aromatic heterocycles. The molecule has 0 aromatic carbocycles. The summed E-state index contributed by atoms with van der Waals surface area (Å²) in [7, 11) is 2.31. The number of aliphatic carboxylic acids is 2. The summed E-state index contributed by atoms with van der Waals surface area (Å²) in [6.45, 7) is 0. The van der Waals surface area contributed by atoms with Gasteiger partial charge < -0.3 is 19.9 Å². The Morgan fingerprint density at radius 3 is 2.67 bits per heavy atom. The zero-order valence-corrected chi connectivity index (χ0v) is 14.0. The molecule has 0 radical (unpaired) electrons. The highest BCUT2D eigenvalue weighted by Crippen LogP contribution is 2.28. The van der Waals surface area contributed by atoms with Crippen LogP contribution < -0.4 is 10.0 Å². The van der Waals surface area contributed by atoms with Gasteiger partial charge in [0.15, 0.2) is 0 Å². The number of hydrogen-bond donors (Lipinski definition) is 2. The van der Waals surface area contributed by atoms with Crippen LogP contribution in [-0.4, -0.2) is 41.2 Å². The lowest BCUT2D eigenvalue weighted by atomic mass is 9.99. The van der Waals surface area contributed by atoms with Gasteiger partial charge in [-0.1, -0.05) is 17.7 Å². The van der Waals surface area contributed by atoms with Crippen molar-refractivity contribution in [2.45, 2.75) is 31.3 Å². The van der Waals surface area contributed by atoms with Crippen molar-refractivity contribution >= 4 is 29.1 Å². The number of carbonyl (C=O) groups is 2. The van der Waals surface area contributed by atoms with E-state index in [1.807, 2.05) is 12.1 Å².